The van der Waals surface area contributed by atoms with Gasteiger partial charge in [-0.25, -0.2) is 4.79 Å². The van der Waals surface area contributed by atoms with Crippen LogP contribution in [0.15, 0.2) is 0 Å². The van der Waals surface area contributed by atoms with Crippen LogP contribution in [-0.2, 0) is 22.4 Å². The maximum Gasteiger partial charge on any atom is 0.326 e. The van der Waals surface area contributed by atoms with Gasteiger partial charge in [0.05, 0.1) is 5.92 Å². The molecule has 4 N–H and O–H groups in total. The number of hydrogen-bond donors (Lipinski definition) is 4. The summed E-state index contributed by atoms with van der Waals surface area (Å²) < 4.78 is 0.928. The molecule has 1 aliphatic rings. The number of aromatic nitrogens is 1. The average Bonchev–Trinajstić information content (AvgIpc) is 2.60. The first kappa shape index (κ1) is 13.3. The Labute approximate surface area is 108 Å². The first-order valence-corrected chi connectivity index (χ1v) is 5.94. The van der Waals surface area contributed by atoms with E-state index < -0.39 is 23.9 Å². The Morgan fingerprint density at radius 1 is 1.21 bits per heavy atom. The minimum atomic E-state index is -1.19. The molecule has 104 valence electrons. The molecule has 0 saturated heterocycles. The summed E-state index contributed by atoms with van der Waals surface area (Å²) in [7, 11) is 0. The zero-order valence-corrected chi connectivity index (χ0v) is 10.3. The third-order valence-corrected chi connectivity index (χ3v) is 3.65. The highest BCUT2D eigenvalue weighted by atomic mass is 16.4. The monoisotopic (exact) mass is 269 g/mol. The Bertz CT molecular complexity index is 547. The van der Waals surface area contributed by atoms with Crippen LogP contribution in [0.3, 0.4) is 0 Å². The summed E-state index contributed by atoms with van der Waals surface area (Å²) in [5, 5.41) is 37.9. The SMILES string of the molecule is CC(C(=O)O)n1c(O)c2c(c1O)CC(C(=O)O)CC2. The summed E-state index contributed by atoms with van der Waals surface area (Å²) in [5.41, 5.74) is 0.785. The van der Waals surface area contributed by atoms with Crippen LogP contribution in [0.1, 0.15) is 30.5 Å². The number of aliphatic carboxylic acids is 2. The highest BCUT2D eigenvalue weighted by molar-refractivity contribution is 5.74. The fourth-order valence-electron chi connectivity index (χ4n) is 2.49. The lowest BCUT2D eigenvalue weighted by Crippen LogP contribution is -2.21. The van der Waals surface area contributed by atoms with Gasteiger partial charge in [0.1, 0.15) is 6.04 Å². The molecule has 0 bridgehead atoms. The first-order chi connectivity index (χ1) is 8.84. The molecule has 1 aromatic heterocycles. The number of fused-ring (bicyclic) bond motifs is 1. The van der Waals surface area contributed by atoms with Crippen LogP contribution in [-0.4, -0.2) is 36.9 Å². The number of carboxylic acids is 2. The lowest BCUT2D eigenvalue weighted by molar-refractivity contribution is -0.142. The van der Waals surface area contributed by atoms with E-state index in [-0.39, 0.29) is 18.2 Å². The largest absolute Gasteiger partial charge is 0.494 e. The molecule has 0 aliphatic heterocycles. The van der Waals surface area contributed by atoms with Gasteiger partial charge < -0.3 is 20.4 Å². The van der Waals surface area contributed by atoms with Gasteiger partial charge in [-0.05, 0) is 26.2 Å². The maximum atomic E-state index is 11.0. The van der Waals surface area contributed by atoms with Crippen molar-refractivity contribution in [3.8, 4) is 11.8 Å². The van der Waals surface area contributed by atoms with Crippen molar-refractivity contribution in [1.82, 2.24) is 4.57 Å². The Morgan fingerprint density at radius 3 is 2.32 bits per heavy atom. The number of rotatable bonds is 3. The van der Waals surface area contributed by atoms with Crippen molar-refractivity contribution in [3.05, 3.63) is 11.1 Å². The van der Waals surface area contributed by atoms with E-state index >= 15 is 0 Å². The molecule has 0 saturated carbocycles. The topological polar surface area (TPSA) is 120 Å². The van der Waals surface area contributed by atoms with Gasteiger partial charge in [0.25, 0.3) is 0 Å². The lowest BCUT2D eigenvalue weighted by Gasteiger charge is -2.18. The minimum Gasteiger partial charge on any atom is -0.494 e. The normalized spacial score (nSPS) is 19.7. The number of nitrogens with zero attached hydrogens (tertiary/aromatic N) is 1. The van der Waals surface area contributed by atoms with E-state index in [0.717, 1.165) is 4.57 Å². The van der Waals surface area contributed by atoms with Crippen molar-refractivity contribution >= 4 is 11.9 Å². The molecule has 0 aromatic carbocycles. The minimum absolute atomic E-state index is 0.101. The van der Waals surface area contributed by atoms with Gasteiger partial charge in [0.2, 0.25) is 0 Å². The van der Waals surface area contributed by atoms with Crippen LogP contribution < -0.4 is 0 Å². The third kappa shape index (κ3) is 2.00. The zero-order chi connectivity index (χ0) is 14.3. The first-order valence-electron chi connectivity index (χ1n) is 5.94. The van der Waals surface area contributed by atoms with Crippen LogP contribution in [0.2, 0.25) is 0 Å². The van der Waals surface area contributed by atoms with E-state index in [9.17, 15) is 19.8 Å². The Morgan fingerprint density at radius 2 is 1.79 bits per heavy atom. The Hall–Kier alpha value is -2.18. The van der Waals surface area contributed by atoms with E-state index in [0.29, 0.717) is 24.0 Å². The molecule has 0 radical (unpaired) electrons. The number of carboxylic acid groups (broad SMARTS) is 2. The van der Waals surface area contributed by atoms with E-state index in [1.807, 2.05) is 0 Å². The number of carbonyl (C=O) groups is 2. The van der Waals surface area contributed by atoms with E-state index in [1.165, 1.54) is 6.92 Å². The van der Waals surface area contributed by atoms with E-state index in [4.69, 9.17) is 10.2 Å². The van der Waals surface area contributed by atoms with Gasteiger partial charge >= 0.3 is 11.9 Å². The molecular formula is C12H15NO6. The molecule has 0 fully saturated rings. The lowest BCUT2D eigenvalue weighted by atomic mass is 9.86. The number of hydrogen-bond acceptors (Lipinski definition) is 4. The molecule has 2 atom stereocenters. The third-order valence-electron chi connectivity index (χ3n) is 3.65. The van der Waals surface area contributed by atoms with Crippen LogP contribution in [0.5, 0.6) is 11.8 Å². The molecule has 1 aliphatic carbocycles. The molecule has 2 unspecified atom stereocenters. The standard InChI is InChI=1S/C12H15NO6/c1-5(11(16)17)13-9(14)7-3-2-6(12(18)19)4-8(7)10(13)15/h5-6,14-15H,2-4H2,1H3,(H,16,17)(H,18,19). The Balaban J connectivity index is 2.47. The van der Waals surface area contributed by atoms with Crippen LogP contribution >= 0.6 is 0 Å². The van der Waals surface area contributed by atoms with Crippen molar-refractivity contribution < 1.29 is 30.0 Å². The molecule has 0 amide bonds. The molecule has 1 heterocycles. The van der Waals surface area contributed by atoms with Gasteiger partial charge in [-0.1, -0.05) is 0 Å². The fourth-order valence-corrected chi connectivity index (χ4v) is 2.49. The predicted octanol–water partition coefficient (Wildman–Crippen LogP) is 0.734. The van der Waals surface area contributed by atoms with E-state index in [2.05, 4.69) is 0 Å². The molecule has 19 heavy (non-hydrogen) atoms. The predicted molar refractivity (Wildman–Crippen MR) is 63.3 cm³/mol. The van der Waals surface area contributed by atoms with Gasteiger partial charge in [-0.3, -0.25) is 9.36 Å². The highest BCUT2D eigenvalue weighted by Crippen LogP contribution is 2.42. The smallest absolute Gasteiger partial charge is 0.326 e. The van der Waals surface area contributed by atoms with Crippen molar-refractivity contribution in [3.63, 3.8) is 0 Å². The molecule has 1 aromatic rings. The van der Waals surface area contributed by atoms with E-state index in [1.54, 1.807) is 0 Å². The van der Waals surface area contributed by atoms with Crippen LogP contribution in [0.4, 0.5) is 0 Å². The molecule has 0 spiro atoms. The summed E-state index contributed by atoms with van der Waals surface area (Å²) in [5.74, 6) is -3.40. The summed E-state index contributed by atoms with van der Waals surface area (Å²) >= 11 is 0. The number of aromatic hydroxyl groups is 2. The van der Waals surface area contributed by atoms with Crippen molar-refractivity contribution in [2.24, 2.45) is 5.92 Å². The second-order valence-corrected chi connectivity index (χ2v) is 4.77. The molecule has 7 heteroatoms. The average molecular weight is 269 g/mol. The van der Waals surface area contributed by atoms with Crippen LogP contribution in [0, 0.1) is 5.92 Å². The van der Waals surface area contributed by atoms with Crippen molar-refractivity contribution in [1.29, 1.82) is 0 Å². The van der Waals surface area contributed by atoms with Crippen LogP contribution in [0.25, 0.3) is 0 Å². The second-order valence-electron chi connectivity index (χ2n) is 4.77. The fraction of sp³-hybridized carbons (Fsp3) is 0.500. The summed E-state index contributed by atoms with van der Waals surface area (Å²) in [6.07, 6.45) is 0.773. The summed E-state index contributed by atoms with van der Waals surface area (Å²) in [4.78, 5) is 21.9. The Kier molecular flexibility index (Phi) is 3.13. The zero-order valence-electron chi connectivity index (χ0n) is 10.3. The molecule has 7 nitrogen and oxygen atoms in total. The molecular weight excluding hydrogens is 254 g/mol. The van der Waals surface area contributed by atoms with Gasteiger partial charge in [0, 0.05) is 11.1 Å². The quantitative estimate of drug-likeness (QED) is 0.642. The van der Waals surface area contributed by atoms with Crippen molar-refractivity contribution in [2.75, 3.05) is 0 Å². The summed E-state index contributed by atoms with van der Waals surface area (Å²) in [6.45, 7) is 1.34. The van der Waals surface area contributed by atoms with Gasteiger partial charge in [0.15, 0.2) is 11.8 Å². The summed E-state index contributed by atoms with van der Waals surface area (Å²) in [6, 6.07) is -1.12. The van der Waals surface area contributed by atoms with Gasteiger partial charge in [-0.2, -0.15) is 0 Å². The maximum absolute atomic E-state index is 11.0. The molecule has 2 rings (SSSR count). The highest BCUT2D eigenvalue weighted by Gasteiger charge is 2.34. The van der Waals surface area contributed by atoms with Gasteiger partial charge in [-0.15, -0.1) is 0 Å². The second kappa shape index (κ2) is 4.49. The van der Waals surface area contributed by atoms with Crippen molar-refractivity contribution in [2.45, 2.75) is 32.2 Å².